The second-order valence-electron chi connectivity index (χ2n) is 3.79. The maximum absolute atomic E-state index is 10.9. The topological polar surface area (TPSA) is 46.5 Å². The predicted molar refractivity (Wildman–Crippen MR) is 48.3 cm³/mol. The van der Waals surface area contributed by atoms with E-state index in [-0.39, 0.29) is 6.10 Å². The molecular formula is C8H17O3P. The maximum Gasteiger partial charge on any atom is 0.325 e. The Labute approximate surface area is 73.7 Å². The van der Waals surface area contributed by atoms with Gasteiger partial charge in [-0.25, -0.2) is 0 Å². The van der Waals surface area contributed by atoms with Crippen molar-refractivity contribution in [2.75, 3.05) is 6.66 Å². The van der Waals surface area contributed by atoms with Crippen LogP contribution in [0, 0.1) is 5.92 Å². The first kappa shape index (κ1) is 10.2. The van der Waals surface area contributed by atoms with Crippen LogP contribution in [0.3, 0.4) is 0 Å². The zero-order chi connectivity index (χ0) is 9.19. The first-order valence-electron chi connectivity index (χ1n) is 4.46. The van der Waals surface area contributed by atoms with E-state index in [9.17, 15) is 4.57 Å². The molecule has 0 spiro atoms. The largest absolute Gasteiger partial charge is 0.325 e. The van der Waals surface area contributed by atoms with E-state index < -0.39 is 7.60 Å². The van der Waals surface area contributed by atoms with Crippen LogP contribution in [0.15, 0.2) is 0 Å². The molecular weight excluding hydrogens is 175 g/mol. The van der Waals surface area contributed by atoms with Crippen LogP contribution >= 0.6 is 7.60 Å². The summed E-state index contributed by atoms with van der Waals surface area (Å²) in [6.45, 7) is 3.46. The number of hydrogen-bond acceptors (Lipinski definition) is 2. The lowest BCUT2D eigenvalue weighted by Gasteiger charge is -2.26. The lowest BCUT2D eigenvalue weighted by molar-refractivity contribution is 0.121. The Balaban J connectivity index is 2.31. The lowest BCUT2D eigenvalue weighted by Crippen LogP contribution is -2.19. The molecule has 0 saturated heterocycles. The summed E-state index contributed by atoms with van der Waals surface area (Å²) < 4.78 is 15.9. The second-order valence-corrected chi connectivity index (χ2v) is 5.61. The third kappa shape index (κ3) is 3.70. The molecule has 0 radical (unpaired) electrons. The van der Waals surface area contributed by atoms with E-state index in [1.807, 2.05) is 0 Å². The Morgan fingerprint density at radius 2 is 1.83 bits per heavy atom. The van der Waals surface area contributed by atoms with Gasteiger partial charge in [-0.1, -0.05) is 6.92 Å². The smallest absolute Gasteiger partial charge is 0.324 e. The van der Waals surface area contributed by atoms with E-state index in [0.29, 0.717) is 0 Å². The van der Waals surface area contributed by atoms with Crippen LogP contribution in [-0.2, 0) is 9.09 Å². The van der Waals surface area contributed by atoms with Crippen LogP contribution < -0.4 is 0 Å². The van der Waals surface area contributed by atoms with Crippen molar-refractivity contribution in [2.45, 2.75) is 38.7 Å². The molecule has 1 N–H and O–H groups in total. The van der Waals surface area contributed by atoms with Crippen LogP contribution in [0.5, 0.6) is 0 Å². The van der Waals surface area contributed by atoms with Crippen molar-refractivity contribution in [3.63, 3.8) is 0 Å². The van der Waals surface area contributed by atoms with Gasteiger partial charge in [0.25, 0.3) is 0 Å². The molecule has 1 rings (SSSR count). The summed E-state index contributed by atoms with van der Waals surface area (Å²) in [6.07, 6.45) is 4.11. The van der Waals surface area contributed by atoms with E-state index in [2.05, 4.69) is 6.92 Å². The van der Waals surface area contributed by atoms with Crippen molar-refractivity contribution in [3.8, 4) is 0 Å². The van der Waals surface area contributed by atoms with E-state index in [1.54, 1.807) is 0 Å². The quantitative estimate of drug-likeness (QED) is 0.683. The third-order valence-electron chi connectivity index (χ3n) is 2.31. The molecule has 0 aliphatic heterocycles. The van der Waals surface area contributed by atoms with Crippen molar-refractivity contribution in [1.82, 2.24) is 0 Å². The Bertz CT molecular complexity index is 179. The van der Waals surface area contributed by atoms with Crippen LogP contribution in [0.2, 0.25) is 0 Å². The Morgan fingerprint density at radius 3 is 2.25 bits per heavy atom. The van der Waals surface area contributed by atoms with Gasteiger partial charge in [-0.05, 0) is 31.6 Å². The molecule has 1 unspecified atom stereocenters. The van der Waals surface area contributed by atoms with Crippen LogP contribution in [0.25, 0.3) is 0 Å². The average Bonchev–Trinajstić information content (AvgIpc) is 1.91. The van der Waals surface area contributed by atoms with Crippen molar-refractivity contribution >= 4 is 7.60 Å². The minimum Gasteiger partial charge on any atom is -0.324 e. The predicted octanol–water partition coefficient (Wildman–Crippen LogP) is 2.40. The molecule has 3 nitrogen and oxygen atoms in total. The maximum atomic E-state index is 10.9. The van der Waals surface area contributed by atoms with Gasteiger partial charge in [-0.2, -0.15) is 0 Å². The molecule has 0 aromatic carbocycles. The monoisotopic (exact) mass is 192 g/mol. The summed E-state index contributed by atoms with van der Waals surface area (Å²) in [5, 5.41) is 0. The fourth-order valence-electron chi connectivity index (χ4n) is 1.61. The van der Waals surface area contributed by atoms with Gasteiger partial charge in [0.1, 0.15) is 0 Å². The van der Waals surface area contributed by atoms with E-state index in [4.69, 9.17) is 9.42 Å². The fourth-order valence-corrected chi connectivity index (χ4v) is 2.38. The Morgan fingerprint density at radius 1 is 1.33 bits per heavy atom. The molecule has 0 heterocycles. The fraction of sp³-hybridized carbons (Fsp3) is 1.00. The van der Waals surface area contributed by atoms with Crippen LogP contribution in [0.4, 0.5) is 0 Å². The van der Waals surface area contributed by atoms with Gasteiger partial charge in [0.2, 0.25) is 0 Å². The molecule has 1 aliphatic rings. The molecule has 1 saturated carbocycles. The third-order valence-corrected chi connectivity index (χ3v) is 3.00. The van der Waals surface area contributed by atoms with E-state index >= 15 is 0 Å². The average molecular weight is 192 g/mol. The second kappa shape index (κ2) is 3.91. The molecule has 0 bridgehead atoms. The van der Waals surface area contributed by atoms with Crippen LogP contribution in [0.1, 0.15) is 32.6 Å². The Kier molecular flexibility index (Phi) is 3.33. The highest BCUT2D eigenvalue weighted by atomic mass is 31.2. The number of rotatable bonds is 2. The van der Waals surface area contributed by atoms with Gasteiger partial charge in [-0.3, -0.25) is 4.57 Å². The van der Waals surface area contributed by atoms with Gasteiger partial charge in [-0.15, -0.1) is 0 Å². The summed E-state index contributed by atoms with van der Waals surface area (Å²) in [7, 11) is -3.25. The van der Waals surface area contributed by atoms with Gasteiger partial charge in [0.05, 0.1) is 6.10 Å². The highest BCUT2D eigenvalue weighted by Gasteiger charge is 2.23. The molecule has 1 fully saturated rings. The first-order valence-corrected chi connectivity index (χ1v) is 6.48. The highest BCUT2D eigenvalue weighted by molar-refractivity contribution is 7.51. The molecule has 72 valence electrons. The highest BCUT2D eigenvalue weighted by Crippen LogP contribution is 2.42. The van der Waals surface area contributed by atoms with Gasteiger partial charge < -0.3 is 9.42 Å². The summed E-state index contributed by atoms with van der Waals surface area (Å²) in [6, 6.07) is 0. The van der Waals surface area contributed by atoms with E-state index in [1.165, 1.54) is 6.66 Å². The zero-order valence-electron chi connectivity index (χ0n) is 7.69. The minimum atomic E-state index is -3.25. The standard InChI is InChI=1S/C8H17O3P/c1-7-3-5-8(6-4-7)11-12(2,9)10/h7-8H,3-6H2,1-2H3,(H,9,10). The molecule has 1 aliphatic carbocycles. The molecule has 0 aromatic heterocycles. The molecule has 1 atom stereocenters. The summed E-state index contributed by atoms with van der Waals surface area (Å²) in [4.78, 5) is 8.97. The number of hydrogen-bond donors (Lipinski definition) is 1. The van der Waals surface area contributed by atoms with Crippen molar-refractivity contribution < 1.29 is 14.0 Å². The van der Waals surface area contributed by atoms with Crippen molar-refractivity contribution in [2.24, 2.45) is 5.92 Å². The van der Waals surface area contributed by atoms with Gasteiger partial charge in [0, 0.05) is 6.66 Å². The normalized spacial score (nSPS) is 35.9. The summed E-state index contributed by atoms with van der Waals surface area (Å²) in [5.74, 6) is 0.750. The van der Waals surface area contributed by atoms with Crippen molar-refractivity contribution in [1.29, 1.82) is 0 Å². The van der Waals surface area contributed by atoms with Crippen molar-refractivity contribution in [3.05, 3.63) is 0 Å². The molecule has 0 amide bonds. The van der Waals surface area contributed by atoms with Gasteiger partial charge in [0.15, 0.2) is 0 Å². The molecule has 0 aromatic rings. The lowest BCUT2D eigenvalue weighted by atomic mass is 9.89. The SMILES string of the molecule is CC1CCC(OP(C)(=O)O)CC1. The summed E-state index contributed by atoms with van der Waals surface area (Å²) >= 11 is 0. The Hall–Kier alpha value is 0.150. The van der Waals surface area contributed by atoms with Gasteiger partial charge >= 0.3 is 7.60 Å². The first-order chi connectivity index (χ1) is 5.47. The molecule has 4 heteroatoms. The summed E-state index contributed by atoms with van der Waals surface area (Å²) in [5.41, 5.74) is 0. The zero-order valence-corrected chi connectivity index (χ0v) is 8.59. The van der Waals surface area contributed by atoms with Crippen LogP contribution in [-0.4, -0.2) is 17.7 Å². The molecule has 12 heavy (non-hydrogen) atoms. The minimum absolute atomic E-state index is 0.0158. The van der Waals surface area contributed by atoms with E-state index in [0.717, 1.165) is 31.6 Å².